The van der Waals surface area contributed by atoms with Crippen molar-refractivity contribution in [2.24, 2.45) is 11.8 Å². The van der Waals surface area contributed by atoms with Gasteiger partial charge in [-0.25, -0.2) is 0 Å². The van der Waals surface area contributed by atoms with E-state index >= 15 is 0 Å². The Labute approximate surface area is 148 Å². The first kappa shape index (κ1) is 17.9. The van der Waals surface area contributed by atoms with E-state index in [1.807, 2.05) is 17.3 Å². The number of aromatic amines is 1. The van der Waals surface area contributed by atoms with Crippen molar-refractivity contribution in [3.8, 4) is 0 Å². The van der Waals surface area contributed by atoms with E-state index in [0.29, 0.717) is 18.3 Å². The second-order valence-corrected chi connectivity index (χ2v) is 7.33. The number of hydrogen-bond acceptors (Lipinski definition) is 4. The molecule has 1 aromatic heterocycles. The SMILES string of the molecule is CO[C@@H]1C[C@H]2CN(C(=O)CCCc3cn[nH]c3)C[C@H]2C[C@H]1NC(C)=O. The Morgan fingerprint density at radius 3 is 2.76 bits per heavy atom. The van der Waals surface area contributed by atoms with Crippen LogP contribution in [0.5, 0.6) is 0 Å². The summed E-state index contributed by atoms with van der Waals surface area (Å²) in [7, 11) is 1.70. The lowest BCUT2D eigenvalue weighted by Crippen LogP contribution is -2.49. The summed E-state index contributed by atoms with van der Waals surface area (Å²) in [6.45, 7) is 3.17. The number of amides is 2. The first-order valence-corrected chi connectivity index (χ1v) is 9.12. The molecule has 0 unspecified atom stereocenters. The van der Waals surface area contributed by atoms with E-state index in [0.717, 1.165) is 44.3 Å². The lowest BCUT2D eigenvalue weighted by molar-refractivity contribution is -0.130. The molecule has 0 spiro atoms. The molecule has 1 saturated carbocycles. The average molecular weight is 348 g/mol. The quantitative estimate of drug-likeness (QED) is 0.806. The van der Waals surface area contributed by atoms with Crippen LogP contribution in [0, 0.1) is 11.8 Å². The second-order valence-electron chi connectivity index (χ2n) is 7.33. The van der Waals surface area contributed by atoms with E-state index in [1.54, 1.807) is 14.0 Å². The molecular formula is C18H28N4O3. The lowest BCUT2D eigenvalue weighted by atomic mass is 9.77. The molecule has 138 valence electrons. The molecule has 7 heteroatoms. The molecule has 2 N–H and O–H groups in total. The Balaban J connectivity index is 1.49. The highest BCUT2D eigenvalue weighted by Gasteiger charge is 2.43. The van der Waals surface area contributed by atoms with Crippen LogP contribution in [0.1, 0.15) is 38.2 Å². The summed E-state index contributed by atoms with van der Waals surface area (Å²) in [5.74, 6) is 1.16. The minimum Gasteiger partial charge on any atom is -0.379 e. The van der Waals surface area contributed by atoms with Crippen molar-refractivity contribution in [2.45, 2.75) is 51.2 Å². The molecule has 2 amide bonds. The first-order valence-electron chi connectivity index (χ1n) is 9.12. The number of carbonyl (C=O) groups is 2. The summed E-state index contributed by atoms with van der Waals surface area (Å²) >= 11 is 0. The third kappa shape index (κ3) is 4.39. The van der Waals surface area contributed by atoms with Crippen molar-refractivity contribution in [3.05, 3.63) is 18.0 Å². The fourth-order valence-corrected chi connectivity index (χ4v) is 4.31. The predicted molar refractivity (Wildman–Crippen MR) is 92.7 cm³/mol. The average Bonchev–Trinajstić information content (AvgIpc) is 3.22. The molecule has 3 rings (SSSR count). The highest BCUT2D eigenvalue weighted by atomic mass is 16.5. The van der Waals surface area contributed by atoms with E-state index in [1.165, 1.54) is 0 Å². The number of nitrogens with one attached hydrogen (secondary N) is 2. The second kappa shape index (κ2) is 7.99. The van der Waals surface area contributed by atoms with Gasteiger partial charge in [0.15, 0.2) is 0 Å². The maximum atomic E-state index is 12.5. The van der Waals surface area contributed by atoms with Crippen LogP contribution in [0.2, 0.25) is 0 Å². The molecule has 2 heterocycles. The molecular weight excluding hydrogens is 320 g/mol. The number of fused-ring (bicyclic) bond motifs is 1. The van der Waals surface area contributed by atoms with E-state index in [2.05, 4.69) is 15.5 Å². The van der Waals surface area contributed by atoms with Crippen molar-refractivity contribution in [1.29, 1.82) is 0 Å². The van der Waals surface area contributed by atoms with Crippen molar-refractivity contribution < 1.29 is 14.3 Å². The molecule has 25 heavy (non-hydrogen) atoms. The summed E-state index contributed by atoms with van der Waals surface area (Å²) in [5, 5.41) is 9.74. The summed E-state index contributed by atoms with van der Waals surface area (Å²) < 4.78 is 5.59. The van der Waals surface area contributed by atoms with Crippen molar-refractivity contribution in [3.63, 3.8) is 0 Å². The smallest absolute Gasteiger partial charge is 0.222 e. The van der Waals surface area contributed by atoms with Crippen LogP contribution in [0.15, 0.2) is 12.4 Å². The monoisotopic (exact) mass is 348 g/mol. The van der Waals surface area contributed by atoms with Crippen molar-refractivity contribution in [1.82, 2.24) is 20.4 Å². The van der Waals surface area contributed by atoms with Gasteiger partial charge in [-0.1, -0.05) is 0 Å². The van der Waals surface area contributed by atoms with Gasteiger partial charge < -0.3 is 15.0 Å². The van der Waals surface area contributed by atoms with Crippen LogP contribution in [0.25, 0.3) is 0 Å². The summed E-state index contributed by atoms with van der Waals surface area (Å²) in [4.78, 5) is 26.0. The minimum absolute atomic E-state index is 0.0179. The summed E-state index contributed by atoms with van der Waals surface area (Å²) in [5.41, 5.74) is 1.14. The van der Waals surface area contributed by atoms with E-state index in [-0.39, 0.29) is 24.0 Å². The molecule has 1 saturated heterocycles. The van der Waals surface area contributed by atoms with Gasteiger partial charge in [0.2, 0.25) is 11.8 Å². The van der Waals surface area contributed by atoms with Crippen LogP contribution in [0.4, 0.5) is 0 Å². The highest BCUT2D eigenvalue weighted by Crippen LogP contribution is 2.37. The Hall–Kier alpha value is -1.89. The van der Waals surface area contributed by atoms with Gasteiger partial charge in [-0.2, -0.15) is 5.10 Å². The van der Waals surface area contributed by atoms with Gasteiger partial charge in [0.25, 0.3) is 0 Å². The van der Waals surface area contributed by atoms with Gasteiger partial charge in [0.1, 0.15) is 0 Å². The van der Waals surface area contributed by atoms with Gasteiger partial charge in [-0.05, 0) is 43.1 Å². The number of likely N-dealkylation sites (tertiary alicyclic amines) is 1. The summed E-state index contributed by atoms with van der Waals surface area (Å²) in [6.07, 6.45) is 7.82. The number of aryl methyl sites for hydroxylation is 1. The normalized spacial score (nSPS) is 28.6. The van der Waals surface area contributed by atoms with Crippen molar-refractivity contribution in [2.75, 3.05) is 20.2 Å². The van der Waals surface area contributed by atoms with Crippen LogP contribution in [-0.4, -0.2) is 59.3 Å². The molecule has 0 aromatic carbocycles. The van der Waals surface area contributed by atoms with E-state index in [9.17, 15) is 9.59 Å². The molecule has 0 radical (unpaired) electrons. The third-order valence-corrected chi connectivity index (χ3v) is 5.57. The standard InChI is InChI=1S/C18H28N4O3/c1-12(23)21-16-6-14-10-22(11-15(14)7-17(16)25-2)18(24)5-3-4-13-8-19-20-9-13/h8-9,14-17H,3-7,10-11H2,1-2H3,(H,19,20)(H,21,23)/t14-,15+,16-,17-/m1/s1. The number of ether oxygens (including phenoxy) is 1. The van der Waals surface area contributed by atoms with Gasteiger partial charge in [-0.15, -0.1) is 0 Å². The van der Waals surface area contributed by atoms with Crippen molar-refractivity contribution >= 4 is 11.8 Å². The Morgan fingerprint density at radius 2 is 2.12 bits per heavy atom. The van der Waals surface area contributed by atoms with E-state index in [4.69, 9.17) is 4.74 Å². The van der Waals surface area contributed by atoms with Crippen LogP contribution < -0.4 is 5.32 Å². The lowest BCUT2D eigenvalue weighted by Gasteiger charge is -2.37. The van der Waals surface area contributed by atoms with Gasteiger partial charge in [0, 0.05) is 39.7 Å². The molecule has 2 fully saturated rings. The third-order valence-electron chi connectivity index (χ3n) is 5.57. The molecule has 0 bridgehead atoms. The fraction of sp³-hybridized carbons (Fsp3) is 0.722. The number of hydrogen-bond donors (Lipinski definition) is 2. The number of H-pyrrole nitrogens is 1. The van der Waals surface area contributed by atoms with Crippen LogP contribution >= 0.6 is 0 Å². The number of carbonyl (C=O) groups excluding carboxylic acids is 2. The Bertz CT molecular complexity index is 589. The Kier molecular flexibility index (Phi) is 5.73. The Morgan fingerprint density at radius 1 is 1.36 bits per heavy atom. The molecule has 7 nitrogen and oxygen atoms in total. The van der Waals surface area contributed by atoms with E-state index < -0.39 is 0 Å². The zero-order chi connectivity index (χ0) is 17.8. The molecule has 2 aliphatic rings. The van der Waals surface area contributed by atoms with Crippen LogP contribution in [-0.2, 0) is 20.7 Å². The maximum Gasteiger partial charge on any atom is 0.222 e. The predicted octanol–water partition coefficient (Wildman–Crippen LogP) is 1.12. The molecule has 1 aliphatic heterocycles. The minimum atomic E-state index is -0.0179. The fourth-order valence-electron chi connectivity index (χ4n) is 4.31. The van der Waals surface area contributed by atoms with Gasteiger partial charge in [-0.3, -0.25) is 14.7 Å². The molecule has 4 atom stereocenters. The topological polar surface area (TPSA) is 87.3 Å². The number of rotatable bonds is 6. The van der Waals surface area contributed by atoms with Crippen LogP contribution in [0.3, 0.4) is 0 Å². The zero-order valence-corrected chi connectivity index (χ0v) is 15.0. The number of aromatic nitrogens is 2. The van der Waals surface area contributed by atoms with Gasteiger partial charge >= 0.3 is 0 Å². The number of nitrogens with zero attached hydrogens (tertiary/aromatic N) is 2. The first-order chi connectivity index (χ1) is 12.1. The van der Waals surface area contributed by atoms with Gasteiger partial charge in [0.05, 0.1) is 18.3 Å². The summed E-state index contributed by atoms with van der Waals surface area (Å²) in [6, 6.07) is 0.0555. The maximum absolute atomic E-state index is 12.5. The zero-order valence-electron chi connectivity index (χ0n) is 15.0. The highest BCUT2D eigenvalue weighted by molar-refractivity contribution is 5.76. The molecule has 1 aromatic rings. The molecule has 1 aliphatic carbocycles. The number of methoxy groups -OCH3 is 1. The largest absolute Gasteiger partial charge is 0.379 e.